The summed E-state index contributed by atoms with van der Waals surface area (Å²) in [6, 6.07) is 22.5. The van der Waals surface area contributed by atoms with Gasteiger partial charge in [0.25, 0.3) is 11.8 Å². The molecule has 0 fully saturated rings. The first-order valence-electron chi connectivity index (χ1n) is 8.95. The smallest absolute Gasteiger partial charge is 0.262 e. The van der Waals surface area contributed by atoms with E-state index in [0.29, 0.717) is 27.7 Å². The van der Waals surface area contributed by atoms with Gasteiger partial charge in [-0.05, 0) is 66.8 Å². The van der Waals surface area contributed by atoms with Gasteiger partial charge in [-0.1, -0.05) is 35.9 Å². The minimum absolute atomic E-state index is 0.114. The van der Waals surface area contributed by atoms with Crippen LogP contribution in [0.1, 0.15) is 10.4 Å². The molecule has 3 rings (SSSR count). The maximum Gasteiger partial charge on any atom is 0.262 e. The van der Waals surface area contributed by atoms with Crippen molar-refractivity contribution in [1.29, 1.82) is 0 Å². The summed E-state index contributed by atoms with van der Waals surface area (Å²) in [6.07, 6.45) is 0. The Morgan fingerprint density at radius 3 is 2.23 bits per heavy atom. The van der Waals surface area contributed by atoms with E-state index in [9.17, 15) is 9.59 Å². The quantitative estimate of drug-likeness (QED) is 0.493. The van der Waals surface area contributed by atoms with Crippen LogP contribution < -0.4 is 20.7 Å². The summed E-state index contributed by atoms with van der Waals surface area (Å²) in [5.74, 6) is -0.0360. The van der Waals surface area contributed by atoms with E-state index < -0.39 is 0 Å². The summed E-state index contributed by atoms with van der Waals surface area (Å²) < 4.78 is 5.42. The number of carbonyl (C=O) groups excluding carboxylic acids is 2. The first kappa shape index (κ1) is 21.3. The lowest BCUT2D eigenvalue weighted by Crippen LogP contribution is -2.34. The maximum atomic E-state index is 12.2. The molecule has 8 heteroatoms. The minimum atomic E-state index is -0.355. The van der Waals surface area contributed by atoms with E-state index in [1.165, 1.54) is 0 Å². The first-order chi connectivity index (χ1) is 14.5. The fraction of sp³-hybridized carbons (Fsp3) is 0.0455. The van der Waals surface area contributed by atoms with Gasteiger partial charge in [0.2, 0.25) is 0 Å². The van der Waals surface area contributed by atoms with Gasteiger partial charge in [0.15, 0.2) is 11.7 Å². The Labute approximate surface area is 184 Å². The molecule has 0 spiro atoms. The number of para-hydroxylation sites is 1. The second-order valence-electron chi connectivity index (χ2n) is 6.15. The number of amides is 2. The number of benzene rings is 3. The minimum Gasteiger partial charge on any atom is -0.484 e. The summed E-state index contributed by atoms with van der Waals surface area (Å²) in [4.78, 5) is 24.3. The number of ether oxygens (including phenoxy) is 1. The molecule has 0 radical (unpaired) electrons. The fourth-order valence-electron chi connectivity index (χ4n) is 2.48. The number of rotatable bonds is 6. The second-order valence-corrected chi connectivity index (χ2v) is 6.99. The molecule has 0 unspecified atom stereocenters. The fourth-order valence-corrected chi connectivity index (χ4v) is 2.81. The molecule has 0 aliphatic heterocycles. The van der Waals surface area contributed by atoms with Gasteiger partial charge in [-0.3, -0.25) is 14.9 Å². The van der Waals surface area contributed by atoms with Crippen molar-refractivity contribution in [3.8, 4) is 5.75 Å². The molecule has 2 amide bonds. The summed E-state index contributed by atoms with van der Waals surface area (Å²) in [6.45, 7) is -0.114. The molecule has 0 saturated carbocycles. The normalized spacial score (nSPS) is 10.0. The number of hydrogen-bond acceptors (Lipinski definition) is 4. The highest BCUT2D eigenvalue weighted by Gasteiger charge is 2.09. The lowest BCUT2D eigenvalue weighted by molar-refractivity contribution is -0.118. The van der Waals surface area contributed by atoms with Crippen LogP contribution in [0.3, 0.4) is 0 Å². The topological polar surface area (TPSA) is 79.5 Å². The highest BCUT2D eigenvalue weighted by Crippen LogP contribution is 2.16. The van der Waals surface area contributed by atoms with Gasteiger partial charge in [-0.2, -0.15) is 0 Å². The molecule has 0 bridgehead atoms. The van der Waals surface area contributed by atoms with Crippen molar-refractivity contribution in [3.05, 3.63) is 89.4 Å². The van der Waals surface area contributed by atoms with Crippen LogP contribution >= 0.6 is 23.8 Å². The average molecular weight is 440 g/mol. The molecule has 0 atom stereocenters. The van der Waals surface area contributed by atoms with Crippen molar-refractivity contribution in [1.82, 2.24) is 5.32 Å². The molecule has 3 N–H and O–H groups in total. The average Bonchev–Trinajstić information content (AvgIpc) is 2.73. The van der Waals surface area contributed by atoms with E-state index in [1.54, 1.807) is 60.7 Å². The second kappa shape index (κ2) is 10.4. The zero-order valence-electron chi connectivity index (χ0n) is 15.7. The SMILES string of the molecule is O=C(COc1ccccc1)Nc1cccc(NC(=S)NC(=O)c2ccc(Cl)cc2)c1. The lowest BCUT2D eigenvalue weighted by Gasteiger charge is -2.12. The number of carbonyl (C=O) groups is 2. The largest absolute Gasteiger partial charge is 0.484 e. The predicted molar refractivity (Wildman–Crippen MR) is 122 cm³/mol. The maximum absolute atomic E-state index is 12.2. The molecule has 0 saturated heterocycles. The third kappa shape index (κ3) is 6.58. The molecule has 152 valence electrons. The third-order valence-corrected chi connectivity index (χ3v) is 4.31. The van der Waals surface area contributed by atoms with E-state index >= 15 is 0 Å². The first-order valence-corrected chi connectivity index (χ1v) is 9.74. The molecular formula is C22H18ClN3O3S. The Morgan fingerprint density at radius 1 is 0.867 bits per heavy atom. The van der Waals surface area contributed by atoms with Crippen molar-refractivity contribution in [3.63, 3.8) is 0 Å². The Kier molecular flexibility index (Phi) is 7.37. The summed E-state index contributed by atoms with van der Waals surface area (Å²) in [5, 5.41) is 8.93. The van der Waals surface area contributed by atoms with E-state index in [-0.39, 0.29) is 23.5 Å². The van der Waals surface area contributed by atoms with Crippen molar-refractivity contribution in [2.45, 2.75) is 0 Å². The summed E-state index contributed by atoms with van der Waals surface area (Å²) in [5.41, 5.74) is 1.61. The van der Waals surface area contributed by atoms with Crippen molar-refractivity contribution >= 4 is 52.1 Å². The highest BCUT2D eigenvalue weighted by atomic mass is 35.5. The van der Waals surface area contributed by atoms with E-state index in [4.69, 9.17) is 28.6 Å². The van der Waals surface area contributed by atoms with Gasteiger partial charge in [0.1, 0.15) is 5.75 Å². The van der Waals surface area contributed by atoms with Crippen LogP contribution in [-0.4, -0.2) is 23.5 Å². The van der Waals surface area contributed by atoms with Crippen LogP contribution in [0.25, 0.3) is 0 Å². The summed E-state index contributed by atoms with van der Waals surface area (Å²) >= 11 is 11.0. The lowest BCUT2D eigenvalue weighted by atomic mass is 10.2. The molecule has 0 aromatic heterocycles. The zero-order valence-corrected chi connectivity index (χ0v) is 17.3. The standard InChI is InChI=1S/C22H18ClN3O3S/c23-16-11-9-15(10-12-16)21(28)26-22(30)25-18-6-4-5-17(13-18)24-20(27)14-29-19-7-2-1-3-8-19/h1-13H,14H2,(H,24,27)(H2,25,26,28,30). The molecule has 0 aliphatic rings. The molecule has 6 nitrogen and oxygen atoms in total. The Hall–Kier alpha value is -3.42. The van der Waals surface area contributed by atoms with Crippen LogP contribution in [0.2, 0.25) is 5.02 Å². The van der Waals surface area contributed by atoms with Gasteiger partial charge in [0.05, 0.1) is 0 Å². The van der Waals surface area contributed by atoms with Gasteiger partial charge in [0, 0.05) is 22.0 Å². The van der Waals surface area contributed by atoms with Gasteiger partial charge >= 0.3 is 0 Å². The molecule has 3 aromatic carbocycles. The number of halogens is 1. The van der Waals surface area contributed by atoms with Crippen LogP contribution in [-0.2, 0) is 4.79 Å². The van der Waals surface area contributed by atoms with Crippen LogP contribution in [0.5, 0.6) is 5.75 Å². The predicted octanol–water partition coefficient (Wildman–Crippen LogP) is 4.48. The van der Waals surface area contributed by atoms with Crippen molar-refractivity contribution < 1.29 is 14.3 Å². The molecule has 0 heterocycles. The van der Waals surface area contributed by atoms with E-state index in [2.05, 4.69) is 16.0 Å². The zero-order chi connectivity index (χ0) is 21.3. The molecule has 0 aliphatic carbocycles. The van der Waals surface area contributed by atoms with Crippen LogP contribution in [0, 0.1) is 0 Å². The molecular weight excluding hydrogens is 422 g/mol. The summed E-state index contributed by atoms with van der Waals surface area (Å²) in [7, 11) is 0. The van der Waals surface area contributed by atoms with E-state index in [0.717, 1.165) is 0 Å². The number of anilines is 2. The number of nitrogens with one attached hydrogen (secondary N) is 3. The molecule has 30 heavy (non-hydrogen) atoms. The van der Waals surface area contributed by atoms with Crippen LogP contribution in [0.15, 0.2) is 78.9 Å². The van der Waals surface area contributed by atoms with Crippen molar-refractivity contribution in [2.24, 2.45) is 0 Å². The van der Waals surface area contributed by atoms with Crippen molar-refractivity contribution in [2.75, 3.05) is 17.2 Å². The molecule has 3 aromatic rings. The number of hydrogen-bond donors (Lipinski definition) is 3. The number of thiocarbonyl (C=S) groups is 1. The Morgan fingerprint density at radius 2 is 1.53 bits per heavy atom. The Bertz CT molecular complexity index is 1040. The Balaban J connectivity index is 1.51. The van der Waals surface area contributed by atoms with Gasteiger partial charge in [-0.15, -0.1) is 0 Å². The third-order valence-electron chi connectivity index (χ3n) is 3.85. The highest BCUT2D eigenvalue weighted by molar-refractivity contribution is 7.80. The van der Waals surface area contributed by atoms with Gasteiger partial charge in [-0.25, -0.2) is 0 Å². The van der Waals surface area contributed by atoms with Gasteiger partial charge < -0.3 is 15.4 Å². The van der Waals surface area contributed by atoms with Crippen LogP contribution in [0.4, 0.5) is 11.4 Å². The monoisotopic (exact) mass is 439 g/mol. The van der Waals surface area contributed by atoms with E-state index in [1.807, 2.05) is 18.2 Å².